The maximum absolute atomic E-state index is 6.30. The Kier molecular flexibility index (Phi) is 5.52. The predicted molar refractivity (Wildman–Crippen MR) is 102 cm³/mol. The second kappa shape index (κ2) is 7.08. The molecule has 1 aromatic carbocycles. The SMILES string of the molecule is C=CCOC1(OCC=C)C(C)(C)C=C(c2ccccc2)CC1(C)C. The van der Waals surface area contributed by atoms with Gasteiger partial charge in [-0.05, 0) is 17.6 Å². The molecule has 0 aromatic heterocycles. The Morgan fingerprint density at radius 3 is 1.96 bits per heavy atom. The van der Waals surface area contributed by atoms with Crippen molar-refractivity contribution in [3.63, 3.8) is 0 Å². The lowest BCUT2D eigenvalue weighted by Crippen LogP contribution is -2.60. The summed E-state index contributed by atoms with van der Waals surface area (Å²) in [6.07, 6.45) is 6.75. The minimum Gasteiger partial charge on any atom is -0.344 e. The van der Waals surface area contributed by atoms with Gasteiger partial charge in [-0.3, -0.25) is 0 Å². The normalized spacial score (nSPS) is 20.9. The first-order chi connectivity index (χ1) is 11.3. The molecule has 0 unspecified atom stereocenters. The van der Waals surface area contributed by atoms with Crippen LogP contribution in [0, 0.1) is 10.8 Å². The van der Waals surface area contributed by atoms with Crippen LogP contribution in [0.1, 0.15) is 39.7 Å². The van der Waals surface area contributed by atoms with Crippen molar-refractivity contribution >= 4 is 5.57 Å². The Bertz CT molecular complexity index is 596. The van der Waals surface area contributed by atoms with E-state index >= 15 is 0 Å². The van der Waals surface area contributed by atoms with Crippen molar-refractivity contribution in [3.8, 4) is 0 Å². The van der Waals surface area contributed by atoms with Crippen molar-refractivity contribution in [1.82, 2.24) is 0 Å². The Morgan fingerprint density at radius 2 is 1.50 bits per heavy atom. The number of rotatable bonds is 7. The smallest absolute Gasteiger partial charge is 0.182 e. The van der Waals surface area contributed by atoms with Crippen LogP contribution in [0.3, 0.4) is 0 Å². The highest BCUT2D eigenvalue weighted by molar-refractivity contribution is 5.68. The molecule has 1 aromatic rings. The van der Waals surface area contributed by atoms with Gasteiger partial charge in [0.1, 0.15) is 0 Å². The second-order valence-electron chi connectivity index (χ2n) is 7.63. The summed E-state index contributed by atoms with van der Waals surface area (Å²) in [4.78, 5) is 0. The summed E-state index contributed by atoms with van der Waals surface area (Å²) >= 11 is 0. The third-order valence-corrected chi connectivity index (χ3v) is 4.86. The molecule has 2 rings (SSSR count). The van der Waals surface area contributed by atoms with Crippen LogP contribution in [0.4, 0.5) is 0 Å². The summed E-state index contributed by atoms with van der Waals surface area (Å²) in [7, 11) is 0. The molecule has 0 bridgehead atoms. The van der Waals surface area contributed by atoms with Crippen LogP contribution >= 0.6 is 0 Å². The van der Waals surface area contributed by atoms with Gasteiger partial charge in [0.2, 0.25) is 0 Å². The molecular weight excluding hydrogens is 296 g/mol. The number of hydrogen-bond acceptors (Lipinski definition) is 2. The third kappa shape index (κ3) is 3.26. The fourth-order valence-electron chi connectivity index (χ4n) is 4.04. The predicted octanol–water partition coefficient (Wildman–Crippen LogP) is 5.63. The molecule has 1 aliphatic rings. The van der Waals surface area contributed by atoms with Gasteiger partial charge >= 0.3 is 0 Å². The van der Waals surface area contributed by atoms with E-state index in [0.717, 1.165) is 6.42 Å². The van der Waals surface area contributed by atoms with Crippen molar-refractivity contribution in [2.45, 2.75) is 39.9 Å². The Morgan fingerprint density at radius 1 is 0.958 bits per heavy atom. The van der Waals surface area contributed by atoms with Crippen molar-refractivity contribution in [3.05, 3.63) is 67.3 Å². The van der Waals surface area contributed by atoms with Crippen molar-refractivity contribution in [2.75, 3.05) is 13.2 Å². The molecule has 0 aliphatic heterocycles. The Hall–Kier alpha value is -1.64. The quantitative estimate of drug-likeness (QED) is 0.478. The lowest BCUT2D eigenvalue weighted by Gasteiger charge is -2.56. The van der Waals surface area contributed by atoms with E-state index in [1.807, 2.05) is 6.07 Å². The molecule has 0 radical (unpaired) electrons. The molecule has 2 nitrogen and oxygen atoms in total. The standard InChI is InChI=1S/C22H30O2/c1-7-14-23-22(24-15-8-2)20(3,4)16-19(17-21(22,5)6)18-12-10-9-11-13-18/h7-13,16H,1-2,14-15,17H2,3-6H3. The summed E-state index contributed by atoms with van der Waals surface area (Å²) in [6, 6.07) is 10.6. The highest BCUT2D eigenvalue weighted by Gasteiger charge is 2.59. The molecule has 0 amide bonds. The van der Waals surface area contributed by atoms with Gasteiger partial charge in [-0.15, -0.1) is 13.2 Å². The average molecular weight is 326 g/mol. The number of allylic oxidation sites excluding steroid dienone is 1. The zero-order valence-corrected chi connectivity index (χ0v) is 15.5. The van der Waals surface area contributed by atoms with E-state index in [-0.39, 0.29) is 10.8 Å². The van der Waals surface area contributed by atoms with Gasteiger partial charge < -0.3 is 9.47 Å². The van der Waals surface area contributed by atoms with E-state index in [1.54, 1.807) is 12.2 Å². The van der Waals surface area contributed by atoms with Crippen LogP contribution in [-0.4, -0.2) is 19.0 Å². The fourth-order valence-corrected chi connectivity index (χ4v) is 4.04. The minimum atomic E-state index is -0.735. The largest absolute Gasteiger partial charge is 0.344 e. The fraction of sp³-hybridized carbons (Fsp3) is 0.455. The molecule has 1 aliphatic carbocycles. The first-order valence-corrected chi connectivity index (χ1v) is 8.56. The average Bonchev–Trinajstić information content (AvgIpc) is 2.53. The summed E-state index contributed by atoms with van der Waals surface area (Å²) in [5.74, 6) is -0.735. The van der Waals surface area contributed by atoms with Gasteiger partial charge in [-0.2, -0.15) is 0 Å². The highest BCUT2D eigenvalue weighted by atomic mass is 16.7. The molecule has 0 atom stereocenters. The maximum Gasteiger partial charge on any atom is 0.182 e. The first-order valence-electron chi connectivity index (χ1n) is 8.56. The number of benzene rings is 1. The van der Waals surface area contributed by atoms with Crippen molar-refractivity contribution in [1.29, 1.82) is 0 Å². The second-order valence-corrected chi connectivity index (χ2v) is 7.63. The van der Waals surface area contributed by atoms with Gasteiger partial charge in [0, 0.05) is 10.8 Å². The topological polar surface area (TPSA) is 18.5 Å². The van der Waals surface area contributed by atoms with E-state index in [0.29, 0.717) is 13.2 Å². The molecule has 0 saturated carbocycles. The van der Waals surface area contributed by atoms with Crippen molar-refractivity contribution in [2.24, 2.45) is 10.8 Å². The minimum absolute atomic E-state index is 0.206. The van der Waals surface area contributed by atoms with Gasteiger partial charge in [0.05, 0.1) is 13.2 Å². The number of ether oxygens (including phenoxy) is 2. The van der Waals surface area contributed by atoms with Crippen LogP contribution in [0.5, 0.6) is 0 Å². The van der Waals surface area contributed by atoms with E-state index < -0.39 is 5.79 Å². The third-order valence-electron chi connectivity index (χ3n) is 4.86. The van der Waals surface area contributed by atoms with Gasteiger partial charge in [-0.25, -0.2) is 0 Å². The molecule has 0 heterocycles. The molecule has 130 valence electrons. The van der Waals surface area contributed by atoms with Crippen LogP contribution < -0.4 is 0 Å². The first kappa shape index (κ1) is 18.7. The van der Waals surface area contributed by atoms with Crippen LogP contribution in [0.25, 0.3) is 5.57 Å². The van der Waals surface area contributed by atoms with Gasteiger partial charge in [0.15, 0.2) is 5.79 Å². The van der Waals surface area contributed by atoms with Crippen molar-refractivity contribution < 1.29 is 9.47 Å². The highest BCUT2D eigenvalue weighted by Crippen LogP contribution is 2.57. The van der Waals surface area contributed by atoms with E-state index in [9.17, 15) is 0 Å². The molecule has 0 spiro atoms. The Labute approximate surface area is 146 Å². The van der Waals surface area contributed by atoms with E-state index in [2.05, 4.69) is 71.2 Å². The zero-order valence-electron chi connectivity index (χ0n) is 15.5. The summed E-state index contributed by atoms with van der Waals surface area (Å²) in [5, 5.41) is 0. The van der Waals surface area contributed by atoms with E-state index in [4.69, 9.17) is 9.47 Å². The van der Waals surface area contributed by atoms with Crippen LogP contribution in [-0.2, 0) is 9.47 Å². The summed E-state index contributed by atoms with van der Waals surface area (Å²) in [6.45, 7) is 17.3. The summed E-state index contributed by atoms with van der Waals surface area (Å²) < 4.78 is 12.6. The number of hydrogen-bond donors (Lipinski definition) is 0. The molecule has 0 N–H and O–H groups in total. The lowest BCUT2D eigenvalue weighted by atomic mass is 9.60. The Balaban J connectivity index is 2.53. The molecule has 0 fully saturated rings. The monoisotopic (exact) mass is 326 g/mol. The van der Waals surface area contributed by atoms with Gasteiger partial charge in [0.25, 0.3) is 0 Å². The summed E-state index contributed by atoms with van der Waals surface area (Å²) in [5.41, 5.74) is 2.10. The van der Waals surface area contributed by atoms with Crippen LogP contribution in [0.15, 0.2) is 61.7 Å². The van der Waals surface area contributed by atoms with Gasteiger partial charge in [-0.1, -0.05) is 76.3 Å². The molecular formula is C22H30O2. The molecule has 24 heavy (non-hydrogen) atoms. The lowest BCUT2D eigenvalue weighted by molar-refractivity contribution is -0.328. The molecule has 0 saturated heterocycles. The maximum atomic E-state index is 6.30. The molecule has 2 heteroatoms. The van der Waals surface area contributed by atoms with Crippen LogP contribution in [0.2, 0.25) is 0 Å². The zero-order chi connectivity index (χ0) is 17.8. The van der Waals surface area contributed by atoms with E-state index in [1.165, 1.54) is 11.1 Å².